The largest absolute Gasteiger partial charge is 0.340 e. The van der Waals surface area contributed by atoms with Crippen LogP contribution in [0.15, 0.2) is 30.3 Å². The van der Waals surface area contributed by atoms with E-state index in [2.05, 4.69) is 22.1 Å². The van der Waals surface area contributed by atoms with Crippen LogP contribution in [-0.2, 0) is 0 Å². The average molecular weight is 331 g/mol. The summed E-state index contributed by atoms with van der Waals surface area (Å²) in [4.78, 5) is 11.8. The fourth-order valence-corrected chi connectivity index (χ4v) is 3.34. The Balaban J connectivity index is 1.86. The molecule has 0 radical (unpaired) electrons. The maximum Gasteiger partial charge on any atom is 0.227 e. The fourth-order valence-electron chi connectivity index (χ4n) is 3.15. The molecule has 0 spiro atoms. The molecule has 0 amide bonds. The van der Waals surface area contributed by atoms with Gasteiger partial charge in [0.15, 0.2) is 0 Å². The van der Waals surface area contributed by atoms with E-state index in [1.165, 1.54) is 19.3 Å². The summed E-state index contributed by atoms with van der Waals surface area (Å²) in [5, 5.41) is 4.05. The summed E-state index contributed by atoms with van der Waals surface area (Å²) in [5.41, 5.74) is 1.91. The summed E-state index contributed by atoms with van der Waals surface area (Å²) >= 11 is 6.05. The quantitative estimate of drug-likeness (QED) is 0.861. The number of nitrogens with zero attached hydrogens (tertiary/aromatic N) is 3. The molecule has 0 saturated carbocycles. The zero-order valence-corrected chi connectivity index (χ0v) is 14.5. The number of benzene rings is 1. The van der Waals surface area contributed by atoms with Crippen molar-refractivity contribution in [2.45, 2.75) is 45.6 Å². The molecule has 1 aliphatic rings. The first-order chi connectivity index (χ1) is 11.2. The normalized spacial score (nSPS) is 18.0. The van der Waals surface area contributed by atoms with Crippen LogP contribution >= 0.6 is 11.6 Å². The van der Waals surface area contributed by atoms with Crippen molar-refractivity contribution in [2.24, 2.45) is 0 Å². The summed E-state index contributed by atoms with van der Waals surface area (Å²) in [7, 11) is 0. The van der Waals surface area contributed by atoms with Crippen molar-refractivity contribution < 1.29 is 0 Å². The summed E-state index contributed by atoms with van der Waals surface area (Å²) < 4.78 is 0. The van der Waals surface area contributed by atoms with E-state index in [0.29, 0.717) is 11.1 Å². The molecule has 1 aromatic carbocycles. The molecule has 0 bridgehead atoms. The topological polar surface area (TPSA) is 41.1 Å². The van der Waals surface area contributed by atoms with Gasteiger partial charge in [0.2, 0.25) is 5.95 Å². The minimum atomic E-state index is 0.546. The van der Waals surface area contributed by atoms with Crippen LogP contribution in [0.2, 0.25) is 5.02 Å². The number of aromatic nitrogens is 2. The van der Waals surface area contributed by atoms with E-state index >= 15 is 0 Å². The number of anilines is 3. The van der Waals surface area contributed by atoms with E-state index in [0.717, 1.165) is 36.1 Å². The fraction of sp³-hybridized carbons (Fsp3) is 0.444. The predicted octanol–water partition coefficient (Wildman–Crippen LogP) is 4.95. The Morgan fingerprint density at radius 2 is 2.13 bits per heavy atom. The molecular weight excluding hydrogens is 308 g/mol. The van der Waals surface area contributed by atoms with Gasteiger partial charge in [-0.2, -0.15) is 4.98 Å². The van der Waals surface area contributed by atoms with Gasteiger partial charge in [0.25, 0.3) is 0 Å². The third-order valence-corrected chi connectivity index (χ3v) is 4.53. The number of hydrogen-bond acceptors (Lipinski definition) is 4. The molecule has 122 valence electrons. The SMILES string of the molecule is CCC1CCCCN1c1nc(C)cc(Nc2cccc(Cl)c2)n1. The molecule has 4 nitrogen and oxygen atoms in total. The molecule has 1 saturated heterocycles. The standard InChI is InChI=1S/C18H23ClN4/c1-3-16-9-4-5-10-23(16)18-20-13(2)11-17(22-18)21-15-8-6-7-14(19)12-15/h6-8,11-12,16H,3-5,9-10H2,1-2H3,(H,20,21,22). The first-order valence-electron chi connectivity index (χ1n) is 8.30. The van der Waals surface area contributed by atoms with Crippen molar-refractivity contribution in [3.63, 3.8) is 0 Å². The minimum Gasteiger partial charge on any atom is -0.340 e. The van der Waals surface area contributed by atoms with Gasteiger partial charge in [0, 0.05) is 35.1 Å². The highest BCUT2D eigenvalue weighted by atomic mass is 35.5. The molecular formula is C18H23ClN4. The van der Waals surface area contributed by atoms with E-state index in [-0.39, 0.29) is 0 Å². The summed E-state index contributed by atoms with van der Waals surface area (Å²) in [6, 6.07) is 10.2. The van der Waals surface area contributed by atoms with Crippen LogP contribution in [0.25, 0.3) is 0 Å². The van der Waals surface area contributed by atoms with Crippen molar-refractivity contribution in [2.75, 3.05) is 16.8 Å². The molecule has 23 heavy (non-hydrogen) atoms. The lowest BCUT2D eigenvalue weighted by molar-refractivity contribution is 0.443. The van der Waals surface area contributed by atoms with Gasteiger partial charge in [-0.05, 0) is 50.8 Å². The van der Waals surface area contributed by atoms with Crippen LogP contribution in [0.3, 0.4) is 0 Å². The third-order valence-electron chi connectivity index (χ3n) is 4.29. The zero-order valence-electron chi connectivity index (χ0n) is 13.7. The molecule has 2 heterocycles. The lowest BCUT2D eigenvalue weighted by Crippen LogP contribution is -2.40. The van der Waals surface area contributed by atoms with E-state index in [1.807, 2.05) is 37.3 Å². The Bertz CT molecular complexity index is 674. The number of hydrogen-bond donors (Lipinski definition) is 1. The first kappa shape index (κ1) is 16.1. The number of nitrogens with one attached hydrogen (secondary N) is 1. The summed E-state index contributed by atoms with van der Waals surface area (Å²) in [6.45, 7) is 5.29. The van der Waals surface area contributed by atoms with E-state index < -0.39 is 0 Å². The molecule has 5 heteroatoms. The van der Waals surface area contributed by atoms with E-state index in [1.54, 1.807) is 0 Å². The highest BCUT2D eigenvalue weighted by molar-refractivity contribution is 6.30. The van der Waals surface area contributed by atoms with Crippen LogP contribution in [-0.4, -0.2) is 22.6 Å². The molecule has 1 fully saturated rings. The van der Waals surface area contributed by atoms with Crippen molar-refractivity contribution in [3.8, 4) is 0 Å². The molecule has 1 aliphatic heterocycles. The van der Waals surface area contributed by atoms with Crippen LogP contribution in [0.5, 0.6) is 0 Å². The van der Waals surface area contributed by atoms with Gasteiger partial charge in [-0.15, -0.1) is 0 Å². The van der Waals surface area contributed by atoms with E-state index in [9.17, 15) is 0 Å². The Kier molecular flexibility index (Phi) is 5.01. The number of piperidine rings is 1. The average Bonchev–Trinajstić information content (AvgIpc) is 2.54. The monoisotopic (exact) mass is 330 g/mol. The van der Waals surface area contributed by atoms with Gasteiger partial charge < -0.3 is 10.2 Å². The molecule has 2 aromatic rings. The lowest BCUT2D eigenvalue weighted by Gasteiger charge is -2.35. The second-order valence-electron chi connectivity index (χ2n) is 6.08. The molecule has 1 N–H and O–H groups in total. The molecule has 1 unspecified atom stereocenters. The number of halogens is 1. The summed E-state index contributed by atoms with van der Waals surface area (Å²) in [6.07, 6.45) is 4.87. The highest BCUT2D eigenvalue weighted by Gasteiger charge is 2.23. The second kappa shape index (κ2) is 7.18. The van der Waals surface area contributed by atoms with Crippen LogP contribution in [0, 0.1) is 6.92 Å². The highest BCUT2D eigenvalue weighted by Crippen LogP contribution is 2.26. The molecule has 1 atom stereocenters. The smallest absolute Gasteiger partial charge is 0.227 e. The molecule has 0 aliphatic carbocycles. The van der Waals surface area contributed by atoms with Crippen LogP contribution in [0.4, 0.5) is 17.5 Å². The van der Waals surface area contributed by atoms with Crippen LogP contribution in [0.1, 0.15) is 38.3 Å². The van der Waals surface area contributed by atoms with Gasteiger partial charge in [0.1, 0.15) is 5.82 Å². The van der Waals surface area contributed by atoms with Gasteiger partial charge in [0.05, 0.1) is 0 Å². The first-order valence-corrected chi connectivity index (χ1v) is 8.68. The van der Waals surface area contributed by atoms with Crippen molar-refractivity contribution in [3.05, 3.63) is 41.0 Å². The van der Waals surface area contributed by atoms with Crippen molar-refractivity contribution in [1.29, 1.82) is 0 Å². The predicted molar refractivity (Wildman–Crippen MR) is 96.8 cm³/mol. The minimum absolute atomic E-state index is 0.546. The van der Waals surface area contributed by atoms with Crippen molar-refractivity contribution in [1.82, 2.24) is 9.97 Å². The maximum atomic E-state index is 6.05. The molecule has 3 rings (SSSR count). The summed E-state index contributed by atoms with van der Waals surface area (Å²) in [5.74, 6) is 1.65. The number of aryl methyl sites for hydroxylation is 1. The van der Waals surface area contributed by atoms with Crippen LogP contribution < -0.4 is 10.2 Å². The zero-order chi connectivity index (χ0) is 16.2. The maximum absolute atomic E-state index is 6.05. The molecule has 1 aromatic heterocycles. The Morgan fingerprint density at radius 3 is 2.91 bits per heavy atom. The van der Waals surface area contributed by atoms with Crippen molar-refractivity contribution >= 4 is 29.1 Å². The second-order valence-corrected chi connectivity index (χ2v) is 6.52. The third kappa shape index (κ3) is 3.94. The van der Waals surface area contributed by atoms with Gasteiger partial charge in [-0.1, -0.05) is 24.6 Å². The Morgan fingerprint density at radius 1 is 1.26 bits per heavy atom. The van der Waals surface area contributed by atoms with Gasteiger partial charge in [-0.25, -0.2) is 4.98 Å². The lowest BCUT2D eigenvalue weighted by atomic mass is 10.0. The van der Waals surface area contributed by atoms with Gasteiger partial charge >= 0.3 is 0 Å². The Hall–Kier alpha value is -1.81. The van der Waals surface area contributed by atoms with Gasteiger partial charge in [-0.3, -0.25) is 0 Å². The van der Waals surface area contributed by atoms with E-state index in [4.69, 9.17) is 16.6 Å². The Labute approximate surface area is 142 Å². The number of rotatable bonds is 4.